The molecule has 2 aromatic carbocycles. The van der Waals surface area contributed by atoms with Crippen molar-refractivity contribution in [1.82, 2.24) is 0 Å². The summed E-state index contributed by atoms with van der Waals surface area (Å²) in [6.07, 6.45) is 0. The quantitative estimate of drug-likeness (QED) is 0.479. The van der Waals surface area contributed by atoms with Crippen LogP contribution in [-0.2, 0) is 9.84 Å². The third-order valence-electron chi connectivity index (χ3n) is 3.46. The average molecular weight is 434 g/mol. The maximum absolute atomic E-state index is 14.4. The molecule has 29 heavy (non-hydrogen) atoms. The van der Waals surface area contributed by atoms with Gasteiger partial charge in [-0.1, -0.05) is 0 Å². The van der Waals surface area contributed by atoms with Gasteiger partial charge in [0.15, 0.2) is 0 Å². The Balaban J connectivity index is 2.88. The Morgan fingerprint density at radius 3 is 1.17 bits per heavy atom. The lowest BCUT2D eigenvalue weighted by atomic mass is 10.2. The van der Waals surface area contributed by atoms with Crippen molar-refractivity contribution in [3.8, 4) is 0 Å². The van der Waals surface area contributed by atoms with E-state index in [0.717, 1.165) is 0 Å². The number of hydrogen-bond donors (Lipinski definition) is 0. The highest BCUT2D eigenvalue weighted by atomic mass is 32.2. The molecular weight excluding hydrogens is 430 g/mol. The Bertz CT molecular complexity index is 1130. The van der Waals surface area contributed by atoms with E-state index in [1.807, 2.05) is 0 Å². The second kappa shape index (κ2) is 7.11. The van der Waals surface area contributed by atoms with Crippen molar-refractivity contribution >= 4 is 32.6 Å². The predicted molar refractivity (Wildman–Crippen MR) is 84.9 cm³/mol. The minimum absolute atomic E-state index is 0.225. The molecule has 0 radical (unpaired) electrons. The van der Waals surface area contributed by atoms with Crippen LogP contribution in [0.4, 0.5) is 31.5 Å². The zero-order chi connectivity index (χ0) is 22.3. The van der Waals surface area contributed by atoms with Crippen molar-refractivity contribution in [2.45, 2.75) is 9.79 Å². The Labute approximate surface area is 156 Å². The second-order valence-electron chi connectivity index (χ2n) is 5.02. The molecule has 0 saturated heterocycles. The van der Waals surface area contributed by atoms with Crippen molar-refractivity contribution < 1.29 is 36.9 Å². The summed E-state index contributed by atoms with van der Waals surface area (Å²) in [4.78, 5) is 34.3. The molecule has 152 valence electrons. The third kappa shape index (κ3) is 3.40. The molecule has 2 aromatic rings. The molecule has 0 saturated carbocycles. The van der Waals surface area contributed by atoms with Gasteiger partial charge in [0.25, 0.3) is 0 Å². The minimum atomic E-state index is -5.40. The van der Waals surface area contributed by atoms with E-state index in [9.17, 15) is 57.7 Å². The van der Waals surface area contributed by atoms with E-state index in [2.05, 4.69) is 0 Å². The van der Waals surface area contributed by atoms with Crippen LogP contribution in [0.15, 0.2) is 34.1 Å². The summed E-state index contributed by atoms with van der Waals surface area (Å²) < 4.78 is 53.9. The summed E-state index contributed by atoms with van der Waals surface area (Å²) in [5.41, 5.74) is -6.48. The second-order valence-corrected chi connectivity index (χ2v) is 6.91. The number of hydrogen-bond acceptors (Lipinski definition) is 10. The molecule has 0 spiro atoms. The third-order valence-corrected chi connectivity index (χ3v) is 5.25. The number of sulfone groups is 1. The predicted octanol–water partition coefficient (Wildman–Crippen LogP) is 2.43. The molecule has 0 amide bonds. The lowest BCUT2D eigenvalue weighted by Crippen LogP contribution is -2.11. The maximum Gasteiger partial charge on any atom is 0.382 e. The van der Waals surface area contributed by atoms with Crippen molar-refractivity contribution in [3.63, 3.8) is 0 Å². The number of nitrogens with zero attached hydrogens (tertiary/aromatic N) is 4. The average Bonchev–Trinajstić information content (AvgIpc) is 2.59. The van der Waals surface area contributed by atoms with Gasteiger partial charge >= 0.3 is 22.7 Å². The molecule has 0 aliphatic heterocycles. The highest BCUT2D eigenvalue weighted by molar-refractivity contribution is 7.91. The number of rotatable bonds is 6. The molecule has 0 unspecified atom stereocenters. The fraction of sp³-hybridized carbons (Fsp3) is 0. The summed E-state index contributed by atoms with van der Waals surface area (Å²) in [6, 6.07) is 0.989. The van der Waals surface area contributed by atoms with Crippen LogP contribution in [0.5, 0.6) is 0 Å². The Hall–Kier alpha value is -4.15. The van der Waals surface area contributed by atoms with Gasteiger partial charge in [0.1, 0.15) is 9.79 Å². The number of benzene rings is 2. The molecule has 17 heteroatoms. The minimum Gasteiger partial charge on any atom is -0.258 e. The van der Waals surface area contributed by atoms with Gasteiger partial charge in [-0.2, -0.15) is 8.78 Å². The monoisotopic (exact) mass is 434 g/mol. The fourth-order valence-corrected chi connectivity index (χ4v) is 3.64. The van der Waals surface area contributed by atoms with Gasteiger partial charge in [-0.15, -0.1) is 0 Å². The molecular formula is C12H4F2N4O10S. The first-order valence-corrected chi connectivity index (χ1v) is 8.28. The molecule has 2 rings (SSSR count). The van der Waals surface area contributed by atoms with E-state index in [-0.39, 0.29) is 24.3 Å². The Morgan fingerprint density at radius 1 is 0.621 bits per heavy atom. The number of halogens is 2. The summed E-state index contributed by atoms with van der Waals surface area (Å²) in [7, 11) is -5.40. The van der Waals surface area contributed by atoms with Crippen molar-refractivity contribution in [1.29, 1.82) is 0 Å². The Kier molecular flexibility index (Phi) is 5.19. The molecule has 14 nitrogen and oxygen atoms in total. The molecule has 0 atom stereocenters. The normalized spacial score (nSPS) is 11.1. The van der Waals surface area contributed by atoms with Gasteiger partial charge in [0.05, 0.1) is 19.7 Å². The largest absolute Gasteiger partial charge is 0.382 e. The Morgan fingerprint density at radius 2 is 0.931 bits per heavy atom. The van der Waals surface area contributed by atoms with Crippen molar-refractivity contribution in [2.24, 2.45) is 0 Å². The number of nitro groups is 4. The molecule has 0 bridgehead atoms. The summed E-state index contributed by atoms with van der Waals surface area (Å²) >= 11 is 0. The van der Waals surface area contributed by atoms with Crippen LogP contribution in [0.25, 0.3) is 0 Å². The van der Waals surface area contributed by atoms with Crippen LogP contribution >= 0.6 is 0 Å². The van der Waals surface area contributed by atoms with Crippen LogP contribution < -0.4 is 0 Å². The lowest BCUT2D eigenvalue weighted by Gasteiger charge is -2.08. The molecule has 0 N–H and O–H groups in total. The molecule has 0 aliphatic carbocycles. The zero-order valence-electron chi connectivity index (χ0n) is 13.3. The smallest absolute Gasteiger partial charge is 0.258 e. The highest BCUT2D eigenvalue weighted by Gasteiger charge is 2.40. The maximum atomic E-state index is 14.4. The fourth-order valence-electron chi connectivity index (χ4n) is 2.25. The SMILES string of the molecule is O=[N+]([O-])c1ccc(S(=O)(=O)c2ccc([N+](=O)[O-])c([N+](=O)[O-])c2F)c(F)c1[N+](=O)[O-]. The van der Waals surface area contributed by atoms with Crippen LogP contribution in [0.3, 0.4) is 0 Å². The van der Waals surface area contributed by atoms with Gasteiger partial charge in [-0.25, -0.2) is 8.42 Å². The van der Waals surface area contributed by atoms with Crippen LogP contribution in [0, 0.1) is 52.1 Å². The van der Waals surface area contributed by atoms with Crippen molar-refractivity contribution in [3.05, 3.63) is 76.4 Å². The van der Waals surface area contributed by atoms with Crippen molar-refractivity contribution in [2.75, 3.05) is 0 Å². The van der Waals surface area contributed by atoms with Crippen LogP contribution in [-0.4, -0.2) is 28.1 Å². The van der Waals surface area contributed by atoms with Gasteiger partial charge in [0, 0.05) is 12.1 Å². The number of nitro benzene ring substituents is 4. The van der Waals surface area contributed by atoms with Gasteiger partial charge in [-0.05, 0) is 12.1 Å². The van der Waals surface area contributed by atoms with E-state index in [0.29, 0.717) is 0 Å². The summed E-state index contributed by atoms with van der Waals surface area (Å²) in [6.45, 7) is 0. The van der Waals surface area contributed by atoms with E-state index in [1.54, 1.807) is 0 Å². The van der Waals surface area contributed by atoms with Crippen LogP contribution in [0.1, 0.15) is 0 Å². The zero-order valence-corrected chi connectivity index (χ0v) is 14.2. The summed E-state index contributed by atoms with van der Waals surface area (Å²) in [5.74, 6) is -4.44. The van der Waals surface area contributed by atoms with Crippen LogP contribution in [0.2, 0.25) is 0 Å². The van der Waals surface area contributed by atoms with E-state index in [1.165, 1.54) is 0 Å². The molecule has 0 heterocycles. The lowest BCUT2D eigenvalue weighted by molar-refractivity contribution is -0.424. The summed E-state index contributed by atoms with van der Waals surface area (Å²) in [5, 5.41) is 43.4. The van der Waals surface area contributed by atoms with E-state index >= 15 is 0 Å². The molecule has 0 aliphatic rings. The standard InChI is InChI=1S/C12H4F2N4O10S/c13-9-7(3-1-5(15(19)20)11(9)17(23)24)29(27,28)8-4-2-6(16(21)22)12(10(8)14)18(25)26/h1-4H. The highest BCUT2D eigenvalue weighted by Crippen LogP contribution is 2.39. The molecule has 0 fully saturated rings. The van der Waals surface area contributed by atoms with E-state index < -0.39 is 73.7 Å². The first-order chi connectivity index (χ1) is 13.3. The van der Waals surface area contributed by atoms with E-state index in [4.69, 9.17) is 0 Å². The first-order valence-electron chi connectivity index (χ1n) is 6.80. The van der Waals surface area contributed by atoms with Gasteiger partial charge < -0.3 is 0 Å². The van der Waals surface area contributed by atoms with Gasteiger partial charge in [0.2, 0.25) is 21.5 Å². The topological polar surface area (TPSA) is 207 Å². The molecule has 0 aromatic heterocycles. The van der Waals surface area contributed by atoms with Gasteiger partial charge in [-0.3, -0.25) is 40.5 Å². The first kappa shape index (κ1) is 21.2.